The number of hydrogen-bond acceptors (Lipinski definition) is 6. The Morgan fingerprint density at radius 1 is 0.905 bits per heavy atom. The zero-order chi connectivity index (χ0) is 31.0. The van der Waals surface area contributed by atoms with Crippen molar-refractivity contribution in [2.24, 2.45) is 5.92 Å². The first kappa shape index (κ1) is 32.4. The average molecular weight is 578 g/mol. The minimum Gasteiger partial charge on any atom is -0.508 e. The second-order valence-electron chi connectivity index (χ2n) is 12.0. The molecule has 0 saturated carbocycles. The van der Waals surface area contributed by atoms with Crippen LogP contribution in [0.5, 0.6) is 5.75 Å². The Balaban J connectivity index is 2.04. The molecule has 3 unspecified atom stereocenters. The molecule has 3 aromatic rings. The average Bonchev–Trinajstić information content (AvgIpc) is 2.92. The van der Waals surface area contributed by atoms with Crippen LogP contribution in [0.3, 0.4) is 0 Å². The van der Waals surface area contributed by atoms with Crippen molar-refractivity contribution < 1.29 is 29.3 Å². The SMILES string of the molecule is CC(C)CCC(C)N(C(=O)C(CO)NC(=O)OC(C)(C)C)C(C(=O)Nc1ccc2ccccc2c1)c1ccc(O)cc1. The first-order valence-electron chi connectivity index (χ1n) is 14.3. The van der Waals surface area contributed by atoms with Gasteiger partial charge in [-0.3, -0.25) is 9.59 Å². The molecule has 0 radical (unpaired) electrons. The van der Waals surface area contributed by atoms with E-state index in [9.17, 15) is 24.6 Å². The predicted molar refractivity (Wildman–Crippen MR) is 164 cm³/mol. The first-order valence-corrected chi connectivity index (χ1v) is 14.3. The van der Waals surface area contributed by atoms with Crippen LogP contribution in [-0.4, -0.2) is 57.3 Å². The highest BCUT2D eigenvalue weighted by Gasteiger charge is 2.39. The Morgan fingerprint density at radius 3 is 2.14 bits per heavy atom. The number of nitrogens with zero attached hydrogens (tertiary/aromatic N) is 1. The predicted octanol–water partition coefficient (Wildman–Crippen LogP) is 5.76. The number of aromatic hydroxyl groups is 1. The molecular formula is C33H43N3O6. The van der Waals surface area contributed by atoms with Crippen LogP contribution in [0.2, 0.25) is 0 Å². The van der Waals surface area contributed by atoms with Crippen LogP contribution in [0.4, 0.5) is 10.5 Å². The van der Waals surface area contributed by atoms with Crippen molar-refractivity contribution in [1.82, 2.24) is 10.2 Å². The number of amides is 3. The molecule has 42 heavy (non-hydrogen) atoms. The number of benzene rings is 3. The number of alkyl carbamates (subject to hydrolysis) is 1. The van der Waals surface area contributed by atoms with Gasteiger partial charge in [0, 0.05) is 11.7 Å². The van der Waals surface area contributed by atoms with Gasteiger partial charge < -0.3 is 30.5 Å². The van der Waals surface area contributed by atoms with E-state index < -0.39 is 48.2 Å². The molecule has 0 aliphatic carbocycles. The second kappa shape index (κ2) is 14.2. The van der Waals surface area contributed by atoms with Crippen LogP contribution < -0.4 is 10.6 Å². The summed E-state index contributed by atoms with van der Waals surface area (Å²) in [6, 6.07) is 16.5. The number of aliphatic hydroxyl groups excluding tert-OH is 1. The lowest BCUT2D eigenvalue weighted by atomic mass is 9.97. The summed E-state index contributed by atoms with van der Waals surface area (Å²) in [5.41, 5.74) is 0.200. The van der Waals surface area contributed by atoms with E-state index >= 15 is 0 Å². The number of phenols is 1. The number of carbonyl (C=O) groups excluding carboxylic acids is 3. The maximum Gasteiger partial charge on any atom is 0.408 e. The van der Waals surface area contributed by atoms with Crippen LogP contribution in [0.25, 0.3) is 10.8 Å². The molecule has 3 amide bonds. The molecular weight excluding hydrogens is 534 g/mol. The largest absolute Gasteiger partial charge is 0.508 e. The molecule has 3 atom stereocenters. The number of aliphatic hydroxyl groups is 1. The summed E-state index contributed by atoms with van der Waals surface area (Å²) in [6.45, 7) is 10.4. The zero-order valence-corrected chi connectivity index (χ0v) is 25.3. The molecule has 3 aromatic carbocycles. The quantitative estimate of drug-likeness (QED) is 0.229. The molecule has 3 rings (SSSR count). The molecule has 0 spiro atoms. The summed E-state index contributed by atoms with van der Waals surface area (Å²) in [5.74, 6) is -0.754. The molecule has 9 heteroatoms. The number of hydrogen-bond donors (Lipinski definition) is 4. The lowest BCUT2D eigenvalue weighted by molar-refractivity contribution is -0.144. The smallest absolute Gasteiger partial charge is 0.408 e. The first-order chi connectivity index (χ1) is 19.8. The van der Waals surface area contributed by atoms with Crippen molar-refractivity contribution in [2.75, 3.05) is 11.9 Å². The zero-order valence-electron chi connectivity index (χ0n) is 25.3. The molecule has 0 saturated heterocycles. The Bertz CT molecular complexity index is 1370. The molecule has 9 nitrogen and oxygen atoms in total. The number of carbonyl (C=O) groups is 3. The Hall–Kier alpha value is -4.11. The maximum atomic E-state index is 14.1. The summed E-state index contributed by atoms with van der Waals surface area (Å²) in [4.78, 5) is 42.2. The fourth-order valence-corrected chi connectivity index (χ4v) is 4.70. The lowest BCUT2D eigenvalue weighted by Gasteiger charge is -2.38. The summed E-state index contributed by atoms with van der Waals surface area (Å²) >= 11 is 0. The normalized spacial score (nSPS) is 13.7. The Kier molecular flexibility index (Phi) is 10.9. The van der Waals surface area contributed by atoms with Crippen molar-refractivity contribution in [3.63, 3.8) is 0 Å². The van der Waals surface area contributed by atoms with E-state index in [1.807, 2.05) is 43.3 Å². The second-order valence-corrected chi connectivity index (χ2v) is 12.0. The standard InChI is InChI=1S/C33H43N3O6/c1-21(2)11-12-22(3)36(31(40)28(20-37)35-32(41)42-33(4,5)6)29(24-14-17-27(38)18-15-24)30(39)34-26-16-13-23-9-7-8-10-25(23)19-26/h7-10,13-19,21-22,28-29,37-38H,11-12,20H2,1-6H3,(H,34,39)(H,35,41). The Labute approximate surface area is 247 Å². The van der Waals surface area contributed by atoms with E-state index in [-0.39, 0.29) is 5.75 Å². The fourth-order valence-electron chi connectivity index (χ4n) is 4.70. The number of anilines is 1. The van der Waals surface area contributed by atoms with Gasteiger partial charge >= 0.3 is 6.09 Å². The third kappa shape index (κ3) is 8.94. The number of ether oxygens (including phenoxy) is 1. The Morgan fingerprint density at radius 2 is 1.55 bits per heavy atom. The van der Waals surface area contributed by atoms with E-state index in [1.54, 1.807) is 39.0 Å². The number of fused-ring (bicyclic) bond motifs is 1. The maximum absolute atomic E-state index is 14.1. The topological polar surface area (TPSA) is 128 Å². The molecule has 0 aromatic heterocycles. The van der Waals surface area contributed by atoms with Gasteiger partial charge in [0.2, 0.25) is 5.91 Å². The van der Waals surface area contributed by atoms with Crippen molar-refractivity contribution in [3.8, 4) is 5.75 Å². The summed E-state index contributed by atoms with van der Waals surface area (Å²) < 4.78 is 5.32. The lowest BCUT2D eigenvalue weighted by Crippen LogP contribution is -2.56. The van der Waals surface area contributed by atoms with Gasteiger partial charge in [-0.15, -0.1) is 0 Å². The fraction of sp³-hybridized carbons (Fsp3) is 0.424. The van der Waals surface area contributed by atoms with Crippen LogP contribution in [0.1, 0.15) is 66.0 Å². The molecule has 0 fully saturated rings. The van der Waals surface area contributed by atoms with Crippen molar-refractivity contribution >= 4 is 34.4 Å². The number of phenolic OH excluding ortho intramolecular Hbond substituents is 1. The van der Waals surface area contributed by atoms with Gasteiger partial charge in [0.25, 0.3) is 5.91 Å². The van der Waals surface area contributed by atoms with Gasteiger partial charge in [-0.25, -0.2) is 4.79 Å². The third-order valence-electron chi connectivity index (χ3n) is 6.82. The minimum atomic E-state index is -1.35. The van der Waals surface area contributed by atoms with Gasteiger partial charge in [0.1, 0.15) is 23.4 Å². The van der Waals surface area contributed by atoms with E-state index in [1.165, 1.54) is 17.0 Å². The highest BCUT2D eigenvalue weighted by atomic mass is 16.6. The van der Waals surface area contributed by atoms with Crippen LogP contribution in [0, 0.1) is 5.92 Å². The van der Waals surface area contributed by atoms with Crippen LogP contribution in [-0.2, 0) is 14.3 Å². The molecule has 0 bridgehead atoms. The van der Waals surface area contributed by atoms with Gasteiger partial charge in [0.05, 0.1) is 6.61 Å². The summed E-state index contributed by atoms with van der Waals surface area (Å²) in [5, 5.41) is 27.6. The van der Waals surface area contributed by atoms with Crippen molar-refractivity contribution in [3.05, 3.63) is 72.3 Å². The number of rotatable bonds is 11. The molecule has 226 valence electrons. The number of nitrogens with one attached hydrogen (secondary N) is 2. The highest BCUT2D eigenvalue weighted by Crippen LogP contribution is 2.30. The molecule has 0 aliphatic rings. The molecule has 0 heterocycles. The summed E-state index contributed by atoms with van der Waals surface area (Å²) in [6.07, 6.45) is 0.501. The van der Waals surface area contributed by atoms with Gasteiger partial charge in [-0.05, 0) is 87.1 Å². The van der Waals surface area contributed by atoms with E-state index in [0.717, 1.165) is 17.2 Å². The third-order valence-corrected chi connectivity index (χ3v) is 6.82. The summed E-state index contributed by atoms with van der Waals surface area (Å²) in [7, 11) is 0. The monoisotopic (exact) mass is 577 g/mol. The van der Waals surface area contributed by atoms with Gasteiger partial charge in [0.15, 0.2) is 0 Å². The van der Waals surface area contributed by atoms with E-state index in [0.29, 0.717) is 23.6 Å². The van der Waals surface area contributed by atoms with Crippen molar-refractivity contribution in [1.29, 1.82) is 0 Å². The van der Waals surface area contributed by atoms with Gasteiger partial charge in [-0.1, -0.05) is 56.3 Å². The van der Waals surface area contributed by atoms with Gasteiger partial charge in [-0.2, -0.15) is 0 Å². The van der Waals surface area contributed by atoms with Crippen LogP contribution in [0.15, 0.2) is 66.7 Å². The highest BCUT2D eigenvalue weighted by molar-refractivity contribution is 6.00. The van der Waals surface area contributed by atoms with Crippen LogP contribution >= 0.6 is 0 Å². The van der Waals surface area contributed by atoms with Crippen molar-refractivity contribution in [2.45, 2.75) is 78.1 Å². The molecule has 0 aliphatic heterocycles. The van der Waals surface area contributed by atoms with E-state index in [2.05, 4.69) is 24.5 Å². The molecule has 4 N–H and O–H groups in total. The van der Waals surface area contributed by atoms with E-state index in [4.69, 9.17) is 4.74 Å². The minimum absolute atomic E-state index is 0.0120.